The molecule has 0 amide bonds. The molecule has 1 heterocycles. The first-order valence-electron chi connectivity index (χ1n) is 20.6. The summed E-state index contributed by atoms with van der Waals surface area (Å²) in [5, 5.41) is 4.17. The minimum absolute atomic E-state index is 0.243. The van der Waals surface area contributed by atoms with Crippen molar-refractivity contribution < 1.29 is 8.81 Å². The highest BCUT2D eigenvalue weighted by molar-refractivity contribution is 6.10. The van der Waals surface area contributed by atoms with Crippen molar-refractivity contribution in [3.63, 3.8) is 0 Å². The maximum atomic E-state index is 15.5. The number of furan rings is 1. The molecule has 11 rings (SSSR count). The van der Waals surface area contributed by atoms with Crippen LogP contribution in [0.15, 0.2) is 235 Å². The van der Waals surface area contributed by atoms with Crippen LogP contribution < -0.4 is 4.90 Å². The second kappa shape index (κ2) is 15.3. The highest BCUT2D eigenvalue weighted by atomic mass is 19.1. The number of anilines is 3. The maximum Gasteiger partial charge on any atom is 0.135 e. The molecule has 0 aliphatic rings. The van der Waals surface area contributed by atoms with Crippen LogP contribution in [0.1, 0.15) is 0 Å². The lowest BCUT2D eigenvalue weighted by atomic mass is 9.90. The van der Waals surface area contributed by atoms with E-state index < -0.39 is 0 Å². The molecule has 0 radical (unpaired) electrons. The van der Waals surface area contributed by atoms with Crippen LogP contribution >= 0.6 is 0 Å². The molecule has 0 aliphatic carbocycles. The van der Waals surface area contributed by atoms with Crippen molar-refractivity contribution >= 4 is 49.8 Å². The molecule has 0 unspecified atom stereocenters. The molecule has 288 valence electrons. The fourth-order valence-corrected chi connectivity index (χ4v) is 8.90. The Morgan fingerprint density at radius 2 is 0.836 bits per heavy atom. The molecule has 0 fully saturated rings. The molecule has 0 N–H and O–H groups in total. The summed E-state index contributed by atoms with van der Waals surface area (Å²) in [6.07, 6.45) is 0. The van der Waals surface area contributed by atoms with Gasteiger partial charge in [0.2, 0.25) is 0 Å². The minimum Gasteiger partial charge on any atom is -0.456 e. The first-order chi connectivity index (χ1) is 30.2. The summed E-state index contributed by atoms with van der Waals surface area (Å²) in [4.78, 5) is 2.33. The van der Waals surface area contributed by atoms with E-state index in [1.54, 1.807) is 6.07 Å². The number of hydrogen-bond acceptors (Lipinski definition) is 2. The predicted octanol–water partition coefficient (Wildman–Crippen LogP) is 16.7. The summed E-state index contributed by atoms with van der Waals surface area (Å²) in [5.74, 6) is -0.243. The minimum atomic E-state index is -0.243. The van der Waals surface area contributed by atoms with Crippen LogP contribution in [-0.4, -0.2) is 0 Å². The van der Waals surface area contributed by atoms with Gasteiger partial charge in [-0.25, -0.2) is 4.39 Å². The van der Waals surface area contributed by atoms with Crippen LogP contribution in [0, 0.1) is 5.82 Å². The second-order valence-corrected chi connectivity index (χ2v) is 15.4. The summed E-state index contributed by atoms with van der Waals surface area (Å²) in [6, 6.07) is 79.5. The number of hydrogen-bond donors (Lipinski definition) is 0. The molecular weight excluding hydrogens is 746 g/mol. The third kappa shape index (κ3) is 6.54. The molecule has 11 aromatic rings. The topological polar surface area (TPSA) is 16.4 Å². The average Bonchev–Trinajstić information content (AvgIpc) is 3.70. The smallest absolute Gasteiger partial charge is 0.135 e. The quantitative estimate of drug-likeness (QED) is 0.153. The molecule has 0 atom stereocenters. The van der Waals surface area contributed by atoms with Crippen molar-refractivity contribution in [3.8, 4) is 55.6 Å². The molecule has 10 aromatic carbocycles. The molecule has 0 aliphatic heterocycles. The number of rotatable bonds is 8. The van der Waals surface area contributed by atoms with Gasteiger partial charge in [0.15, 0.2) is 0 Å². The first kappa shape index (κ1) is 36.1. The van der Waals surface area contributed by atoms with Crippen LogP contribution in [0.4, 0.5) is 21.5 Å². The van der Waals surface area contributed by atoms with E-state index in [0.717, 1.165) is 77.6 Å². The number of halogens is 1. The summed E-state index contributed by atoms with van der Waals surface area (Å²) in [6.45, 7) is 0. The molecule has 3 heteroatoms. The van der Waals surface area contributed by atoms with E-state index in [1.807, 2.05) is 36.4 Å². The fourth-order valence-electron chi connectivity index (χ4n) is 8.90. The van der Waals surface area contributed by atoms with Gasteiger partial charge in [-0.3, -0.25) is 0 Å². The van der Waals surface area contributed by atoms with Gasteiger partial charge in [0.25, 0.3) is 0 Å². The van der Waals surface area contributed by atoms with Crippen LogP contribution in [-0.2, 0) is 0 Å². The van der Waals surface area contributed by atoms with E-state index in [2.05, 4.69) is 187 Å². The van der Waals surface area contributed by atoms with Crippen molar-refractivity contribution in [2.45, 2.75) is 0 Å². The molecule has 0 bridgehead atoms. The van der Waals surface area contributed by atoms with E-state index in [0.29, 0.717) is 5.56 Å². The van der Waals surface area contributed by atoms with Crippen molar-refractivity contribution in [1.29, 1.82) is 0 Å². The van der Waals surface area contributed by atoms with E-state index in [9.17, 15) is 0 Å². The van der Waals surface area contributed by atoms with Gasteiger partial charge >= 0.3 is 0 Å². The third-order valence-electron chi connectivity index (χ3n) is 11.8. The Hall–Kier alpha value is -8.01. The monoisotopic (exact) mass is 783 g/mol. The van der Waals surface area contributed by atoms with Gasteiger partial charge in [-0.2, -0.15) is 0 Å². The largest absolute Gasteiger partial charge is 0.456 e. The van der Waals surface area contributed by atoms with Gasteiger partial charge in [-0.1, -0.05) is 182 Å². The molecule has 61 heavy (non-hydrogen) atoms. The number of para-hydroxylation sites is 2. The van der Waals surface area contributed by atoms with Crippen LogP contribution in [0.3, 0.4) is 0 Å². The van der Waals surface area contributed by atoms with E-state index in [4.69, 9.17) is 4.42 Å². The van der Waals surface area contributed by atoms with Gasteiger partial charge in [-0.05, 0) is 104 Å². The Morgan fingerprint density at radius 1 is 0.328 bits per heavy atom. The van der Waals surface area contributed by atoms with E-state index in [1.165, 1.54) is 28.3 Å². The summed E-state index contributed by atoms with van der Waals surface area (Å²) in [7, 11) is 0. The average molecular weight is 784 g/mol. The zero-order valence-corrected chi connectivity index (χ0v) is 33.2. The number of benzene rings is 10. The van der Waals surface area contributed by atoms with Gasteiger partial charge in [0.1, 0.15) is 17.0 Å². The first-order valence-corrected chi connectivity index (χ1v) is 20.6. The number of nitrogens with zero attached hydrogens (tertiary/aromatic N) is 1. The molecule has 0 spiro atoms. The molecule has 0 saturated carbocycles. The Morgan fingerprint density at radius 3 is 1.56 bits per heavy atom. The zero-order valence-electron chi connectivity index (χ0n) is 33.2. The van der Waals surface area contributed by atoms with E-state index in [-0.39, 0.29) is 5.82 Å². The lowest BCUT2D eigenvalue weighted by Crippen LogP contribution is -2.11. The van der Waals surface area contributed by atoms with Crippen LogP contribution in [0.25, 0.3) is 88.3 Å². The summed E-state index contributed by atoms with van der Waals surface area (Å²) >= 11 is 0. The molecule has 2 nitrogen and oxygen atoms in total. The normalized spacial score (nSPS) is 11.4. The highest BCUT2D eigenvalue weighted by Crippen LogP contribution is 2.46. The van der Waals surface area contributed by atoms with Gasteiger partial charge in [0.05, 0.1) is 5.69 Å². The molecular formula is C58H38FNO. The Balaban J connectivity index is 1.04. The van der Waals surface area contributed by atoms with Crippen LogP contribution in [0.2, 0.25) is 0 Å². The summed E-state index contributed by atoms with van der Waals surface area (Å²) < 4.78 is 21.8. The predicted molar refractivity (Wildman–Crippen MR) is 253 cm³/mol. The second-order valence-electron chi connectivity index (χ2n) is 15.4. The fraction of sp³-hybridized carbons (Fsp3) is 0. The van der Waals surface area contributed by atoms with Crippen LogP contribution in [0.5, 0.6) is 0 Å². The SMILES string of the molecule is Fc1ccccc1-c1cccc2cccc(-c3ccccc3N(c3ccc(-c4ccc(-c5ccccc5-c5ccccc5)cc4)cc3)c3ccc4oc5ccccc5c4c3)c12. The van der Waals surface area contributed by atoms with Crippen molar-refractivity contribution in [1.82, 2.24) is 0 Å². The van der Waals surface area contributed by atoms with Crippen molar-refractivity contribution in [2.24, 2.45) is 0 Å². The van der Waals surface area contributed by atoms with E-state index >= 15 is 4.39 Å². The van der Waals surface area contributed by atoms with Gasteiger partial charge in [-0.15, -0.1) is 0 Å². The van der Waals surface area contributed by atoms with Crippen molar-refractivity contribution in [2.75, 3.05) is 4.90 Å². The lowest BCUT2D eigenvalue weighted by molar-refractivity contribution is 0.631. The Bertz CT molecular complexity index is 3360. The molecule has 1 aromatic heterocycles. The lowest BCUT2D eigenvalue weighted by Gasteiger charge is -2.28. The van der Waals surface area contributed by atoms with Crippen molar-refractivity contribution in [3.05, 3.63) is 236 Å². The van der Waals surface area contributed by atoms with Gasteiger partial charge < -0.3 is 9.32 Å². The molecule has 0 saturated heterocycles. The Kier molecular flexibility index (Phi) is 9.05. The summed E-state index contributed by atoms with van der Waals surface area (Å²) in [5.41, 5.74) is 15.3. The third-order valence-corrected chi connectivity index (χ3v) is 11.8. The number of fused-ring (bicyclic) bond motifs is 4. The Labute approximate surface area is 354 Å². The maximum absolute atomic E-state index is 15.5. The standard InChI is InChI=1S/C58H38FNO/c59-54-25-9-6-20-48(54)51-23-12-16-43-17-13-24-52(58(43)51)49-21-7-10-26-55(49)60(45-36-37-57-53(38-45)50-22-8-11-27-56(50)61-57)44-34-32-40(33-35-44)39-28-30-42(31-29-39)47-19-5-4-18-46(47)41-14-2-1-3-15-41/h1-38H. The van der Waals surface area contributed by atoms with Gasteiger partial charge in [0, 0.05) is 33.3 Å². The highest BCUT2D eigenvalue weighted by Gasteiger charge is 2.21. The zero-order chi connectivity index (χ0) is 40.7.